The summed E-state index contributed by atoms with van der Waals surface area (Å²) in [5.41, 5.74) is 1.25. The van der Waals surface area contributed by atoms with E-state index in [-0.39, 0.29) is 12.5 Å². The number of urea groups is 1. The summed E-state index contributed by atoms with van der Waals surface area (Å²) in [7, 11) is 1.56. The summed E-state index contributed by atoms with van der Waals surface area (Å²) in [5.74, 6) is -0.216. The first-order chi connectivity index (χ1) is 14.0. The molecule has 3 rings (SSSR count). The molecule has 0 bridgehead atoms. The lowest BCUT2D eigenvalue weighted by molar-refractivity contribution is -0.147. The van der Waals surface area contributed by atoms with Crippen molar-refractivity contribution in [3.05, 3.63) is 30.0 Å². The van der Waals surface area contributed by atoms with Crippen molar-refractivity contribution in [2.24, 2.45) is 5.92 Å². The second-order valence-electron chi connectivity index (χ2n) is 7.35. The van der Waals surface area contributed by atoms with E-state index in [2.05, 4.69) is 17.6 Å². The Hall–Kier alpha value is -3.03. The molecule has 0 spiro atoms. The molecule has 0 radical (unpaired) electrons. The average molecular weight is 402 g/mol. The first kappa shape index (κ1) is 20.7. The minimum Gasteiger partial charge on any atom is -0.497 e. The molecule has 8 heteroatoms. The SMILES string of the molecule is COc1ccc2c(CC(=O)OCC(=O)NC(=O)NC3CCCCC3C)coc2c1. The van der Waals surface area contributed by atoms with E-state index in [0.717, 1.165) is 31.1 Å². The van der Waals surface area contributed by atoms with Crippen molar-refractivity contribution < 1.29 is 28.3 Å². The third kappa shape index (κ3) is 5.49. The second-order valence-corrected chi connectivity index (χ2v) is 7.35. The number of hydrogen-bond acceptors (Lipinski definition) is 6. The van der Waals surface area contributed by atoms with Gasteiger partial charge in [0.05, 0.1) is 19.8 Å². The smallest absolute Gasteiger partial charge is 0.321 e. The molecule has 1 saturated carbocycles. The van der Waals surface area contributed by atoms with Gasteiger partial charge in [-0.15, -0.1) is 0 Å². The van der Waals surface area contributed by atoms with Crippen LogP contribution in [0.25, 0.3) is 11.0 Å². The number of ether oxygens (including phenoxy) is 2. The van der Waals surface area contributed by atoms with Gasteiger partial charge in [0.15, 0.2) is 6.61 Å². The van der Waals surface area contributed by atoms with E-state index >= 15 is 0 Å². The Bertz CT molecular complexity index is 890. The molecule has 156 valence electrons. The number of imide groups is 1. The van der Waals surface area contributed by atoms with Gasteiger partial charge >= 0.3 is 12.0 Å². The third-order valence-electron chi connectivity index (χ3n) is 5.24. The maximum Gasteiger partial charge on any atom is 0.321 e. The molecule has 2 N–H and O–H groups in total. The highest BCUT2D eigenvalue weighted by atomic mass is 16.5. The molecule has 1 aromatic heterocycles. The van der Waals surface area contributed by atoms with Crippen LogP contribution in [0.4, 0.5) is 4.79 Å². The van der Waals surface area contributed by atoms with Crippen LogP contribution < -0.4 is 15.4 Å². The van der Waals surface area contributed by atoms with Gasteiger partial charge in [-0.1, -0.05) is 19.8 Å². The summed E-state index contributed by atoms with van der Waals surface area (Å²) in [6.45, 7) is 1.57. The molecule has 2 atom stereocenters. The molecule has 29 heavy (non-hydrogen) atoms. The molecule has 2 aromatic rings. The first-order valence-corrected chi connectivity index (χ1v) is 9.76. The summed E-state index contributed by atoms with van der Waals surface area (Å²) in [4.78, 5) is 35.9. The number of hydrogen-bond donors (Lipinski definition) is 2. The molecule has 1 aromatic carbocycles. The fourth-order valence-corrected chi connectivity index (χ4v) is 3.58. The largest absolute Gasteiger partial charge is 0.497 e. The van der Waals surface area contributed by atoms with Gasteiger partial charge in [0, 0.05) is 23.1 Å². The molecular weight excluding hydrogens is 376 g/mol. The van der Waals surface area contributed by atoms with Crippen molar-refractivity contribution >= 4 is 28.9 Å². The summed E-state index contributed by atoms with van der Waals surface area (Å²) in [6, 6.07) is 4.80. The molecule has 8 nitrogen and oxygen atoms in total. The Morgan fingerprint density at radius 3 is 2.76 bits per heavy atom. The number of rotatable bonds is 6. The Labute approximate surface area is 168 Å². The third-order valence-corrected chi connectivity index (χ3v) is 5.24. The minimum absolute atomic E-state index is 0.0433. The van der Waals surface area contributed by atoms with Gasteiger partial charge in [-0.2, -0.15) is 0 Å². The van der Waals surface area contributed by atoms with Crippen molar-refractivity contribution in [3.8, 4) is 5.75 Å². The van der Waals surface area contributed by atoms with Crippen LogP contribution in [0.1, 0.15) is 38.2 Å². The zero-order chi connectivity index (χ0) is 20.8. The topological polar surface area (TPSA) is 107 Å². The zero-order valence-electron chi connectivity index (χ0n) is 16.7. The van der Waals surface area contributed by atoms with E-state index in [1.165, 1.54) is 6.26 Å². The fourth-order valence-electron chi connectivity index (χ4n) is 3.58. The summed E-state index contributed by atoms with van der Waals surface area (Å²) in [6.07, 6.45) is 5.63. The molecule has 0 aliphatic heterocycles. The van der Waals surface area contributed by atoms with Gasteiger partial charge in [-0.3, -0.25) is 14.9 Å². The maximum absolute atomic E-state index is 12.1. The number of fused-ring (bicyclic) bond motifs is 1. The van der Waals surface area contributed by atoms with Crippen LogP contribution in [0.3, 0.4) is 0 Å². The molecule has 1 aliphatic rings. The summed E-state index contributed by atoms with van der Waals surface area (Å²) >= 11 is 0. The first-order valence-electron chi connectivity index (χ1n) is 9.76. The molecule has 1 fully saturated rings. The van der Waals surface area contributed by atoms with Gasteiger partial charge in [0.2, 0.25) is 0 Å². The van der Waals surface area contributed by atoms with Crippen molar-refractivity contribution in [2.75, 3.05) is 13.7 Å². The van der Waals surface area contributed by atoms with Gasteiger partial charge in [0.1, 0.15) is 11.3 Å². The lowest BCUT2D eigenvalue weighted by Gasteiger charge is -2.29. The molecule has 1 heterocycles. The number of methoxy groups -OCH3 is 1. The van der Waals surface area contributed by atoms with Crippen LogP contribution in [0.2, 0.25) is 0 Å². The van der Waals surface area contributed by atoms with Gasteiger partial charge in [-0.25, -0.2) is 4.79 Å². The fraction of sp³-hybridized carbons (Fsp3) is 0.476. The molecule has 3 amide bonds. The number of carbonyl (C=O) groups is 3. The van der Waals surface area contributed by atoms with E-state index in [9.17, 15) is 14.4 Å². The van der Waals surface area contributed by atoms with E-state index in [1.807, 2.05) is 0 Å². The highest BCUT2D eigenvalue weighted by Crippen LogP contribution is 2.26. The van der Waals surface area contributed by atoms with E-state index in [4.69, 9.17) is 13.9 Å². The summed E-state index contributed by atoms with van der Waals surface area (Å²) < 4.78 is 15.6. The molecule has 2 unspecified atom stereocenters. The van der Waals surface area contributed by atoms with Crippen molar-refractivity contribution in [1.82, 2.24) is 10.6 Å². The lowest BCUT2D eigenvalue weighted by atomic mass is 9.86. The van der Waals surface area contributed by atoms with Crippen LogP contribution in [-0.4, -0.2) is 37.7 Å². The average Bonchev–Trinajstić information content (AvgIpc) is 3.10. The van der Waals surface area contributed by atoms with Crippen LogP contribution in [-0.2, 0) is 20.7 Å². The number of furan rings is 1. The number of amides is 3. The number of benzene rings is 1. The van der Waals surface area contributed by atoms with Gasteiger partial charge in [-0.05, 0) is 30.9 Å². The normalized spacial score (nSPS) is 18.8. The second kappa shape index (κ2) is 9.45. The standard InChI is InChI=1S/C21H26N2O6/c1-13-5-3-4-6-17(13)22-21(26)23-19(24)12-29-20(25)9-14-11-28-18-10-15(27-2)7-8-16(14)18/h7-8,10-11,13,17H,3-6,9,12H2,1-2H3,(H2,22,23,24,26). The predicted octanol–water partition coefficient (Wildman–Crippen LogP) is 2.93. The van der Waals surface area contributed by atoms with Crippen molar-refractivity contribution in [2.45, 2.75) is 45.1 Å². The van der Waals surface area contributed by atoms with E-state index in [0.29, 0.717) is 22.8 Å². The molecule has 1 aliphatic carbocycles. The Morgan fingerprint density at radius 1 is 1.21 bits per heavy atom. The van der Waals surface area contributed by atoms with Crippen LogP contribution >= 0.6 is 0 Å². The Balaban J connectivity index is 1.44. The predicted molar refractivity (Wildman–Crippen MR) is 106 cm³/mol. The number of nitrogens with one attached hydrogen (secondary N) is 2. The van der Waals surface area contributed by atoms with Gasteiger partial charge < -0.3 is 19.2 Å². The van der Waals surface area contributed by atoms with Crippen molar-refractivity contribution in [1.29, 1.82) is 0 Å². The number of carbonyl (C=O) groups excluding carboxylic acids is 3. The van der Waals surface area contributed by atoms with Crippen LogP contribution in [0.15, 0.2) is 28.9 Å². The van der Waals surface area contributed by atoms with E-state index < -0.39 is 24.5 Å². The van der Waals surface area contributed by atoms with Crippen LogP contribution in [0.5, 0.6) is 5.75 Å². The Morgan fingerprint density at radius 2 is 2.00 bits per heavy atom. The van der Waals surface area contributed by atoms with Crippen molar-refractivity contribution in [3.63, 3.8) is 0 Å². The van der Waals surface area contributed by atoms with Crippen LogP contribution in [0, 0.1) is 5.92 Å². The lowest BCUT2D eigenvalue weighted by Crippen LogP contribution is -2.48. The highest BCUT2D eigenvalue weighted by molar-refractivity contribution is 5.96. The zero-order valence-corrected chi connectivity index (χ0v) is 16.7. The highest BCUT2D eigenvalue weighted by Gasteiger charge is 2.23. The molecule has 0 saturated heterocycles. The quantitative estimate of drug-likeness (QED) is 0.720. The maximum atomic E-state index is 12.1. The summed E-state index contributed by atoms with van der Waals surface area (Å²) in [5, 5.41) is 5.80. The monoisotopic (exact) mass is 402 g/mol. The minimum atomic E-state index is -0.666. The van der Waals surface area contributed by atoms with E-state index in [1.54, 1.807) is 25.3 Å². The van der Waals surface area contributed by atoms with Gasteiger partial charge in [0.25, 0.3) is 5.91 Å². The Kier molecular flexibility index (Phi) is 6.74. The number of esters is 1. The molecular formula is C21H26N2O6.